The Labute approximate surface area is 102 Å². The minimum Gasteiger partial charge on any atom is -0.396 e. The Morgan fingerprint density at radius 2 is 1.88 bits per heavy atom. The molecule has 0 fully saturated rings. The van der Waals surface area contributed by atoms with E-state index >= 15 is 0 Å². The molecule has 16 heavy (non-hydrogen) atoms. The number of hydrogen-bond acceptors (Lipinski definition) is 3. The van der Waals surface area contributed by atoms with Crippen LogP contribution in [0.1, 0.15) is 20.3 Å². The molecule has 0 heterocycles. The highest BCUT2D eigenvalue weighted by Gasteiger charge is 2.23. The summed E-state index contributed by atoms with van der Waals surface area (Å²) < 4.78 is 0. The van der Waals surface area contributed by atoms with E-state index in [1.54, 1.807) is 11.8 Å². The van der Waals surface area contributed by atoms with Gasteiger partial charge >= 0.3 is 0 Å². The maximum atomic E-state index is 10.1. The van der Waals surface area contributed by atoms with Gasteiger partial charge < -0.3 is 10.2 Å². The summed E-state index contributed by atoms with van der Waals surface area (Å²) in [5.41, 5.74) is 0. The van der Waals surface area contributed by atoms with E-state index in [1.807, 2.05) is 37.3 Å². The van der Waals surface area contributed by atoms with E-state index in [0.717, 1.165) is 6.42 Å². The standard InChI is InChI=1S/C13H20O2S/c1-3-12(13(15)10(2)9-14)16-11-7-5-4-6-8-11/h4-8,10,12-15H,3,9H2,1-2H3/t10-,12+,13+/m1/s1. The van der Waals surface area contributed by atoms with Crippen molar-refractivity contribution < 1.29 is 10.2 Å². The van der Waals surface area contributed by atoms with Gasteiger partial charge in [0.05, 0.1) is 6.10 Å². The Balaban J connectivity index is 2.62. The Morgan fingerprint density at radius 1 is 1.25 bits per heavy atom. The highest BCUT2D eigenvalue weighted by Crippen LogP contribution is 2.29. The van der Waals surface area contributed by atoms with E-state index < -0.39 is 6.10 Å². The van der Waals surface area contributed by atoms with Gasteiger partial charge in [0.1, 0.15) is 0 Å². The van der Waals surface area contributed by atoms with Crippen LogP contribution in [0, 0.1) is 5.92 Å². The van der Waals surface area contributed by atoms with Crippen LogP contribution in [0.5, 0.6) is 0 Å². The molecule has 0 bridgehead atoms. The van der Waals surface area contributed by atoms with E-state index in [0.29, 0.717) is 0 Å². The number of hydrogen-bond donors (Lipinski definition) is 2. The fraction of sp³-hybridized carbons (Fsp3) is 0.538. The molecule has 1 rings (SSSR count). The summed E-state index contributed by atoms with van der Waals surface area (Å²) in [6.07, 6.45) is 0.436. The Morgan fingerprint density at radius 3 is 2.38 bits per heavy atom. The van der Waals surface area contributed by atoms with E-state index in [-0.39, 0.29) is 17.8 Å². The topological polar surface area (TPSA) is 40.5 Å². The molecule has 1 aromatic carbocycles. The second-order valence-corrected chi connectivity index (χ2v) is 5.34. The summed E-state index contributed by atoms with van der Waals surface area (Å²) in [5, 5.41) is 19.2. The van der Waals surface area contributed by atoms with Crippen molar-refractivity contribution in [2.75, 3.05) is 6.61 Å². The molecule has 0 spiro atoms. The average Bonchev–Trinajstić information content (AvgIpc) is 2.35. The van der Waals surface area contributed by atoms with Crippen molar-refractivity contribution in [3.8, 4) is 0 Å². The minimum atomic E-state index is -0.458. The predicted molar refractivity (Wildman–Crippen MR) is 68.6 cm³/mol. The number of benzene rings is 1. The fourth-order valence-corrected chi connectivity index (χ4v) is 2.78. The van der Waals surface area contributed by atoms with E-state index in [4.69, 9.17) is 5.11 Å². The molecule has 90 valence electrons. The molecular formula is C13H20O2S. The monoisotopic (exact) mass is 240 g/mol. The second-order valence-electron chi connectivity index (χ2n) is 4.03. The molecule has 0 radical (unpaired) electrons. The van der Waals surface area contributed by atoms with Gasteiger partial charge in [-0.25, -0.2) is 0 Å². The normalized spacial score (nSPS) is 16.8. The van der Waals surface area contributed by atoms with Crippen LogP contribution in [0.2, 0.25) is 0 Å². The van der Waals surface area contributed by atoms with Crippen molar-refractivity contribution in [3.05, 3.63) is 30.3 Å². The van der Waals surface area contributed by atoms with Gasteiger partial charge in [-0.3, -0.25) is 0 Å². The van der Waals surface area contributed by atoms with Gasteiger partial charge in [0.15, 0.2) is 0 Å². The molecule has 0 aromatic heterocycles. The first-order chi connectivity index (χ1) is 7.69. The number of aliphatic hydroxyl groups is 2. The maximum absolute atomic E-state index is 10.1. The summed E-state index contributed by atoms with van der Waals surface area (Å²) >= 11 is 1.68. The molecule has 0 saturated carbocycles. The minimum absolute atomic E-state index is 0.0347. The molecule has 1 aromatic rings. The lowest BCUT2D eigenvalue weighted by atomic mass is 10.0. The zero-order chi connectivity index (χ0) is 12.0. The fourth-order valence-electron chi connectivity index (χ4n) is 1.54. The first-order valence-electron chi connectivity index (χ1n) is 5.69. The van der Waals surface area contributed by atoms with Gasteiger partial charge in [-0.1, -0.05) is 32.0 Å². The SMILES string of the molecule is CC[C@H](Sc1ccccc1)[C@@H](O)[C@H](C)CO. The lowest BCUT2D eigenvalue weighted by Crippen LogP contribution is -2.31. The van der Waals surface area contributed by atoms with Gasteiger partial charge in [0, 0.05) is 22.7 Å². The first-order valence-corrected chi connectivity index (χ1v) is 6.57. The zero-order valence-electron chi connectivity index (χ0n) is 9.84. The van der Waals surface area contributed by atoms with E-state index in [1.165, 1.54) is 4.90 Å². The van der Waals surface area contributed by atoms with Gasteiger partial charge in [-0.15, -0.1) is 11.8 Å². The van der Waals surface area contributed by atoms with Crippen LogP contribution in [0.15, 0.2) is 35.2 Å². The number of thioether (sulfide) groups is 1. The third-order valence-corrected chi connectivity index (χ3v) is 4.14. The Bertz CT molecular complexity index is 289. The molecule has 2 N–H and O–H groups in total. The van der Waals surface area contributed by atoms with Crippen molar-refractivity contribution in [1.29, 1.82) is 0 Å². The molecule has 2 nitrogen and oxygen atoms in total. The smallest absolute Gasteiger partial charge is 0.0709 e. The predicted octanol–water partition coefficient (Wildman–Crippen LogP) is 2.55. The van der Waals surface area contributed by atoms with Crippen molar-refractivity contribution >= 4 is 11.8 Å². The first kappa shape index (κ1) is 13.6. The molecule has 0 aliphatic carbocycles. The van der Waals surface area contributed by atoms with Crippen LogP contribution in [0.25, 0.3) is 0 Å². The molecule has 3 atom stereocenters. The highest BCUT2D eigenvalue weighted by atomic mass is 32.2. The molecule has 0 unspecified atom stereocenters. The van der Waals surface area contributed by atoms with E-state index in [2.05, 4.69) is 6.92 Å². The van der Waals surface area contributed by atoms with Crippen LogP contribution in [0.4, 0.5) is 0 Å². The van der Waals surface area contributed by atoms with Crippen molar-refractivity contribution in [2.45, 2.75) is 36.5 Å². The van der Waals surface area contributed by atoms with Crippen LogP contribution >= 0.6 is 11.8 Å². The van der Waals surface area contributed by atoms with Gasteiger partial charge in [-0.05, 0) is 18.6 Å². The summed E-state index contributed by atoms with van der Waals surface area (Å²) in [4.78, 5) is 1.17. The largest absolute Gasteiger partial charge is 0.396 e. The second kappa shape index (κ2) is 6.94. The molecule has 0 amide bonds. The average molecular weight is 240 g/mol. The van der Waals surface area contributed by atoms with Crippen LogP contribution < -0.4 is 0 Å². The number of aliphatic hydroxyl groups excluding tert-OH is 2. The van der Waals surface area contributed by atoms with Crippen LogP contribution in [-0.2, 0) is 0 Å². The van der Waals surface area contributed by atoms with Crippen molar-refractivity contribution in [1.82, 2.24) is 0 Å². The third-order valence-electron chi connectivity index (χ3n) is 2.68. The number of rotatable bonds is 6. The summed E-state index contributed by atoms with van der Waals surface area (Å²) in [6.45, 7) is 3.97. The molecule has 0 aliphatic heterocycles. The molecule has 0 saturated heterocycles. The quantitative estimate of drug-likeness (QED) is 0.751. The zero-order valence-corrected chi connectivity index (χ0v) is 10.7. The Kier molecular flexibility index (Phi) is 5.88. The highest BCUT2D eigenvalue weighted by molar-refractivity contribution is 8.00. The lowest BCUT2D eigenvalue weighted by Gasteiger charge is -2.25. The summed E-state index contributed by atoms with van der Waals surface area (Å²) in [6, 6.07) is 10.1. The Hall–Kier alpha value is -0.510. The lowest BCUT2D eigenvalue weighted by molar-refractivity contribution is 0.0745. The van der Waals surface area contributed by atoms with Crippen LogP contribution in [0.3, 0.4) is 0 Å². The van der Waals surface area contributed by atoms with Gasteiger partial charge in [-0.2, -0.15) is 0 Å². The summed E-state index contributed by atoms with van der Waals surface area (Å²) in [5.74, 6) is -0.0684. The summed E-state index contributed by atoms with van der Waals surface area (Å²) in [7, 11) is 0. The molecular weight excluding hydrogens is 220 g/mol. The van der Waals surface area contributed by atoms with Gasteiger partial charge in [0.2, 0.25) is 0 Å². The van der Waals surface area contributed by atoms with Crippen molar-refractivity contribution in [2.24, 2.45) is 5.92 Å². The molecule has 3 heteroatoms. The van der Waals surface area contributed by atoms with Crippen molar-refractivity contribution in [3.63, 3.8) is 0 Å². The van der Waals surface area contributed by atoms with E-state index in [9.17, 15) is 5.11 Å². The van der Waals surface area contributed by atoms with Crippen LogP contribution in [-0.4, -0.2) is 28.2 Å². The van der Waals surface area contributed by atoms with Gasteiger partial charge in [0.25, 0.3) is 0 Å². The maximum Gasteiger partial charge on any atom is 0.0709 e. The molecule has 0 aliphatic rings. The third kappa shape index (κ3) is 3.81.